The zero-order valence-electron chi connectivity index (χ0n) is 8.44. The van der Waals surface area contributed by atoms with Gasteiger partial charge in [0.25, 0.3) is 0 Å². The molecule has 4 nitrogen and oxygen atoms in total. The van der Waals surface area contributed by atoms with Crippen LogP contribution in [0.3, 0.4) is 0 Å². The van der Waals surface area contributed by atoms with E-state index in [1.165, 1.54) is 0 Å². The van der Waals surface area contributed by atoms with E-state index < -0.39 is 5.97 Å². The van der Waals surface area contributed by atoms with Gasteiger partial charge < -0.3 is 14.7 Å². The molecule has 1 aliphatic heterocycles. The van der Waals surface area contributed by atoms with Gasteiger partial charge in [-0.3, -0.25) is 4.79 Å². The number of rotatable bonds is 4. The van der Waals surface area contributed by atoms with Gasteiger partial charge in [0.1, 0.15) is 0 Å². The second kappa shape index (κ2) is 7.04. The first-order valence-electron chi connectivity index (χ1n) is 4.70. The summed E-state index contributed by atoms with van der Waals surface area (Å²) in [5, 5.41) is 8.40. The van der Waals surface area contributed by atoms with Gasteiger partial charge in [-0.1, -0.05) is 0 Å². The van der Waals surface area contributed by atoms with Gasteiger partial charge in [0.15, 0.2) is 0 Å². The Balaban J connectivity index is 0.00000169. The lowest BCUT2D eigenvalue weighted by Crippen LogP contribution is -2.34. The molecule has 14 heavy (non-hydrogen) atoms. The van der Waals surface area contributed by atoms with Crippen molar-refractivity contribution in [3.63, 3.8) is 0 Å². The SMILES string of the molecule is CN1CCC(OCCC(=O)O)CC1.Cl. The number of piperidine rings is 1. The Kier molecular flexibility index (Phi) is 6.87. The number of carbonyl (C=O) groups is 1. The van der Waals surface area contributed by atoms with Crippen molar-refractivity contribution in [3.8, 4) is 0 Å². The number of nitrogens with zero attached hydrogens (tertiary/aromatic N) is 1. The molecule has 0 spiro atoms. The maximum absolute atomic E-state index is 10.2. The van der Waals surface area contributed by atoms with Crippen molar-refractivity contribution in [2.24, 2.45) is 0 Å². The molecule has 1 fully saturated rings. The molecule has 0 aliphatic carbocycles. The molecule has 1 saturated heterocycles. The summed E-state index contributed by atoms with van der Waals surface area (Å²) in [6.07, 6.45) is 2.44. The molecule has 0 radical (unpaired) electrons. The van der Waals surface area contributed by atoms with Crippen LogP contribution in [0, 0.1) is 0 Å². The highest BCUT2D eigenvalue weighted by Gasteiger charge is 2.16. The highest BCUT2D eigenvalue weighted by atomic mass is 35.5. The van der Waals surface area contributed by atoms with E-state index in [1.807, 2.05) is 0 Å². The molecule has 1 N–H and O–H groups in total. The fourth-order valence-electron chi connectivity index (χ4n) is 1.46. The Bertz CT molecular complexity index is 169. The minimum atomic E-state index is -0.784. The summed E-state index contributed by atoms with van der Waals surface area (Å²) in [5.41, 5.74) is 0. The normalized spacial score (nSPS) is 18.9. The predicted octanol–water partition coefficient (Wildman–Crippen LogP) is 0.994. The number of halogens is 1. The van der Waals surface area contributed by atoms with Crippen molar-refractivity contribution >= 4 is 18.4 Å². The van der Waals surface area contributed by atoms with Crippen molar-refractivity contribution < 1.29 is 14.6 Å². The molecule has 0 aromatic carbocycles. The van der Waals surface area contributed by atoms with E-state index >= 15 is 0 Å². The van der Waals surface area contributed by atoms with Crippen LogP contribution in [0.25, 0.3) is 0 Å². The van der Waals surface area contributed by atoms with Crippen LogP contribution in [0.15, 0.2) is 0 Å². The van der Waals surface area contributed by atoms with Gasteiger partial charge in [-0.2, -0.15) is 0 Å². The van der Waals surface area contributed by atoms with Gasteiger partial charge in [0.2, 0.25) is 0 Å². The average molecular weight is 224 g/mol. The highest BCUT2D eigenvalue weighted by Crippen LogP contribution is 2.11. The number of hydrogen-bond acceptors (Lipinski definition) is 3. The molecule has 1 heterocycles. The molecular weight excluding hydrogens is 206 g/mol. The predicted molar refractivity (Wildman–Crippen MR) is 56.0 cm³/mol. The topological polar surface area (TPSA) is 49.8 Å². The van der Waals surface area contributed by atoms with Gasteiger partial charge >= 0.3 is 5.97 Å². The van der Waals surface area contributed by atoms with E-state index in [-0.39, 0.29) is 24.9 Å². The quantitative estimate of drug-likeness (QED) is 0.773. The molecule has 0 unspecified atom stereocenters. The van der Waals surface area contributed by atoms with Crippen molar-refractivity contribution in [3.05, 3.63) is 0 Å². The lowest BCUT2D eigenvalue weighted by atomic mass is 10.1. The van der Waals surface area contributed by atoms with Crippen LogP contribution in [0.2, 0.25) is 0 Å². The van der Waals surface area contributed by atoms with E-state index in [0.29, 0.717) is 6.61 Å². The highest BCUT2D eigenvalue weighted by molar-refractivity contribution is 5.85. The van der Waals surface area contributed by atoms with Crippen LogP contribution in [-0.2, 0) is 9.53 Å². The van der Waals surface area contributed by atoms with Gasteiger partial charge in [0.05, 0.1) is 19.1 Å². The van der Waals surface area contributed by atoms with E-state index in [0.717, 1.165) is 25.9 Å². The van der Waals surface area contributed by atoms with Gasteiger partial charge in [0, 0.05) is 13.1 Å². The summed E-state index contributed by atoms with van der Waals surface area (Å²) < 4.78 is 5.43. The first-order chi connectivity index (χ1) is 6.18. The third-order valence-electron chi connectivity index (χ3n) is 2.34. The van der Waals surface area contributed by atoms with Crippen LogP contribution in [0.4, 0.5) is 0 Å². The van der Waals surface area contributed by atoms with Crippen LogP contribution in [-0.4, -0.2) is 48.8 Å². The largest absolute Gasteiger partial charge is 0.481 e. The zero-order chi connectivity index (χ0) is 9.68. The molecule has 0 aromatic heterocycles. The van der Waals surface area contributed by atoms with E-state index in [9.17, 15) is 4.79 Å². The van der Waals surface area contributed by atoms with E-state index in [1.54, 1.807) is 0 Å². The van der Waals surface area contributed by atoms with Crippen molar-refractivity contribution in [1.29, 1.82) is 0 Å². The van der Waals surface area contributed by atoms with E-state index in [4.69, 9.17) is 9.84 Å². The third kappa shape index (κ3) is 5.42. The number of aliphatic carboxylic acids is 1. The molecule has 1 aliphatic rings. The first-order valence-corrected chi connectivity index (χ1v) is 4.70. The molecule has 5 heteroatoms. The molecule has 0 amide bonds. The van der Waals surface area contributed by atoms with Crippen molar-refractivity contribution in [2.75, 3.05) is 26.7 Å². The molecule has 0 aromatic rings. The van der Waals surface area contributed by atoms with Gasteiger partial charge in [-0.15, -0.1) is 12.4 Å². The first kappa shape index (κ1) is 13.7. The Morgan fingerprint density at radius 2 is 2.07 bits per heavy atom. The summed E-state index contributed by atoms with van der Waals surface area (Å²) >= 11 is 0. The Morgan fingerprint density at radius 1 is 1.50 bits per heavy atom. The van der Waals surface area contributed by atoms with Crippen LogP contribution in [0.1, 0.15) is 19.3 Å². The van der Waals surface area contributed by atoms with Crippen LogP contribution < -0.4 is 0 Å². The maximum atomic E-state index is 10.2. The van der Waals surface area contributed by atoms with Crippen LogP contribution >= 0.6 is 12.4 Å². The molecule has 84 valence electrons. The number of carboxylic acid groups (broad SMARTS) is 1. The summed E-state index contributed by atoms with van der Waals surface area (Å²) in [4.78, 5) is 12.5. The lowest BCUT2D eigenvalue weighted by Gasteiger charge is -2.28. The Labute approximate surface area is 90.6 Å². The maximum Gasteiger partial charge on any atom is 0.305 e. The lowest BCUT2D eigenvalue weighted by molar-refractivity contribution is -0.138. The van der Waals surface area contributed by atoms with E-state index in [2.05, 4.69) is 11.9 Å². The number of carboxylic acids is 1. The second-order valence-electron chi connectivity index (χ2n) is 3.52. The summed E-state index contributed by atoms with van der Waals surface area (Å²) in [5.74, 6) is -0.784. The fourth-order valence-corrected chi connectivity index (χ4v) is 1.46. The third-order valence-corrected chi connectivity index (χ3v) is 2.34. The average Bonchev–Trinajstić information content (AvgIpc) is 2.08. The molecule has 0 atom stereocenters. The van der Waals surface area contributed by atoms with Gasteiger partial charge in [-0.25, -0.2) is 0 Å². The molecule has 1 rings (SSSR count). The minimum Gasteiger partial charge on any atom is -0.481 e. The van der Waals surface area contributed by atoms with Crippen molar-refractivity contribution in [2.45, 2.75) is 25.4 Å². The standard InChI is InChI=1S/C9H17NO3.ClH/c1-10-5-2-8(3-6-10)13-7-4-9(11)12;/h8H,2-7H2,1H3,(H,11,12);1H. The number of ether oxygens (including phenoxy) is 1. The summed E-state index contributed by atoms with van der Waals surface area (Å²) in [6.45, 7) is 2.46. The second-order valence-corrected chi connectivity index (χ2v) is 3.52. The van der Waals surface area contributed by atoms with Gasteiger partial charge in [-0.05, 0) is 19.9 Å². The summed E-state index contributed by atoms with van der Waals surface area (Å²) in [7, 11) is 2.09. The minimum absolute atomic E-state index is 0. The molecular formula is C9H18ClNO3. The fraction of sp³-hybridized carbons (Fsp3) is 0.889. The van der Waals surface area contributed by atoms with Crippen LogP contribution in [0.5, 0.6) is 0 Å². The Hall–Kier alpha value is -0.320. The number of hydrogen-bond donors (Lipinski definition) is 1. The molecule has 0 bridgehead atoms. The number of likely N-dealkylation sites (tertiary alicyclic amines) is 1. The molecule has 0 saturated carbocycles. The van der Waals surface area contributed by atoms with Crippen molar-refractivity contribution in [1.82, 2.24) is 4.90 Å². The smallest absolute Gasteiger partial charge is 0.305 e. The monoisotopic (exact) mass is 223 g/mol. The zero-order valence-corrected chi connectivity index (χ0v) is 9.26. The Morgan fingerprint density at radius 3 is 2.57 bits per heavy atom. The summed E-state index contributed by atoms with van der Waals surface area (Å²) in [6, 6.07) is 0.